The molecule has 1 heterocycles. The predicted molar refractivity (Wildman–Crippen MR) is 83.3 cm³/mol. The van der Waals surface area contributed by atoms with Crippen LogP contribution in [0.3, 0.4) is 0 Å². The number of thiophene rings is 1. The Morgan fingerprint density at radius 2 is 2.10 bits per heavy atom. The number of carbonyl (C=O) groups excluding carboxylic acids is 1. The third-order valence-electron chi connectivity index (χ3n) is 3.01. The predicted octanol–water partition coefficient (Wildman–Crippen LogP) is 1.83. The fourth-order valence-electron chi connectivity index (χ4n) is 1.68. The third-order valence-corrected chi connectivity index (χ3v) is 4.11. The zero-order chi connectivity index (χ0) is 15.0. The minimum absolute atomic E-state index is 0.201. The Morgan fingerprint density at radius 3 is 2.65 bits per heavy atom. The first-order chi connectivity index (χ1) is 9.58. The van der Waals surface area contributed by atoms with E-state index in [0.717, 1.165) is 6.54 Å². The fraction of sp³-hybridized carbons (Fsp3) is 0.571. The van der Waals surface area contributed by atoms with Crippen LogP contribution in [0, 0.1) is 5.92 Å². The summed E-state index contributed by atoms with van der Waals surface area (Å²) < 4.78 is 4.69. The fourth-order valence-corrected chi connectivity index (χ4v) is 2.46. The summed E-state index contributed by atoms with van der Waals surface area (Å²) in [5.74, 6) is 0.698. The second kappa shape index (κ2) is 8.58. The number of carbonyl (C=O) groups is 1. The molecule has 2 N–H and O–H groups in total. The molecule has 0 spiro atoms. The number of nitrogens with zero attached hydrogens (tertiary/aromatic N) is 1. The summed E-state index contributed by atoms with van der Waals surface area (Å²) in [4.78, 5) is 16.8. The Morgan fingerprint density at radius 1 is 1.40 bits per heavy atom. The molecular formula is C14H23N3O2S. The maximum Gasteiger partial charge on any atom is 0.310 e. The summed E-state index contributed by atoms with van der Waals surface area (Å²) in [6.45, 7) is 5.29. The number of hydrogen-bond acceptors (Lipinski definition) is 4. The van der Waals surface area contributed by atoms with Gasteiger partial charge < -0.3 is 15.4 Å². The van der Waals surface area contributed by atoms with Gasteiger partial charge in [-0.2, -0.15) is 0 Å². The minimum Gasteiger partial charge on any atom is -0.469 e. The Bertz CT molecular complexity index is 432. The van der Waals surface area contributed by atoms with Gasteiger partial charge in [-0.1, -0.05) is 19.9 Å². The molecule has 2 unspecified atom stereocenters. The lowest BCUT2D eigenvalue weighted by Gasteiger charge is -2.16. The molecular weight excluding hydrogens is 274 g/mol. The summed E-state index contributed by atoms with van der Waals surface area (Å²) in [5, 5.41) is 8.47. The van der Waals surface area contributed by atoms with E-state index >= 15 is 0 Å². The first-order valence-corrected chi connectivity index (χ1v) is 7.52. The second-order valence-corrected chi connectivity index (χ2v) is 5.65. The van der Waals surface area contributed by atoms with E-state index in [2.05, 4.69) is 44.8 Å². The van der Waals surface area contributed by atoms with Crippen LogP contribution in [0.1, 0.15) is 24.6 Å². The van der Waals surface area contributed by atoms with Gasteiger partial charge in [-0.25, -0.2) is 0 Å². The van der Waals surface area contributed by atoms with Gasteiger partial charge in [-0.3, -0.25) is 9.79 Å². The van der Waals surface area contributed by atoms with E-state index in [9.17, 15) is 4.79 Å². The lowest BCUT2D eigenvalue weighted by molar-refractivity contribution is -0.144. The molecule has 0 aliphatic rings. The first-order valence-electron chi connectivity index (χ1n) is 6.64. The summed E-state index contributed by atoms with van der Waals surface area (Å²) in [6.07, 6.45) is 0. The van der Waals surface area contributed by atoms with Gasteiger partial charge in [0.15, 0.2) is 5.96 Å². The molecule has 0 bridgehead atoms. The molecule has 5 nitrogen and oxygen atoms in total. The van der Waals surface area contributed by atoms with Crippen molar-refractivity contribution in [3.05, 3.63) is 22.4 Å². The van der Waals surface area contributed by atoms with Crippen molar-refractivity contribution in [3.8, 4) is 0 Å². The van der Waals surface area contributed by atoms with Gasteiger partial charge in [0, 0.05) is 30.9 Å². The van der Waals surface area contributed by atoms with Crippen molar-refractivity contribution in [2.75, 3.05) is 27.2 Å². The highest BCUT2D eigenvalue weighted by Crippen LogP contribution is 2.19. The van der Waals surface area contributed by atoms with Crippen LogP contribution in [0.4, 0.5) is 0 Å². The molecule has 0 aromatic carbocycles. The Hall–Kier alpha value is -1.56. The molecule has 0 saturated heterocycles. The van der Waals surface area contributed by atoms with Crippen molar-refractivity contribution in [1.29, 1.82) is 0 Å². The van der Waals surface area contributed by atoms with Crippen LogP contribution < -0.4 is 10.6 Å². The average molecular weight is 297 g/mol. The number of esters is 1. The number of rotatable bonds is 6. The normalized spacial score (nSPS) is 14.5. The van der Waals surface area contributed by atoms with Crippen LogP contribution in [0.2, 0.25) is 0 Å². The van der Waals surface area contributed by atoms with E-state index in [1.54, 1.807) is 18.4 Å². The monoisotopic (exact) mass is 297 g/mol. The second-order valence-electron chi connectivity index (χ2n) is 4.67. The van der Waals surface area contributed by atoms with Gasteiger partial charge >= 0.3 is 5.97 Å². The lowest BCUT2D eigenvalue weighted by atomic mass is 10.1. The largest absolute Gasteiger partial charge is 0.469 e. The van der Waals surface area contributed by atoms with Gasteiger partial charge in [0.1, 0.15) is 0 Å². The molecule has 112 valence electrons. The minimum atomic E-state index is -0.222. The molecule has 0 aliphatic heterocycles. The van der Waals surface area contributed by atoms with Gasteiger partial charge in [0.25, 0.3) is 0 Å². The Balaban J connectivity index is 2.35. The standard InChI is InChI=1S/C14H23N3O2S/c1-10(12-6-5-7-20-12)8-16-14(15-3)17-9-11(2)13(18)19-4/h5-7,10-11H,8-9H2,1-4H3,(H2,15,16,17). The molecule has 0 aliphatic carbocycles. The van der Waals surface area contributed by atoms with E-state index in [1.807, 2.05) is 6.92 Å². The van der Waals surface area contributed by atoms with Crippen LogP contribution in [0.5, 0.6) is 0 Å². The van der Waals surface area contributed by atoms with Gasteiger partial charge in [0.05, 0.1) is 13.0 Å². The molecule has 1 rings (SSSR count). The summed E-state index contributed by atoms with van der Waals surface area (Å²) in [6, 6.07) is 4.19. The van der Waals surface area contributed by atoms with Gasteiger partial charge in [0.2, 0.25) is 0 Å². The molecule has 0 amide bonds. The Kier molecular flexibility index (Phi) is 7.08. The highest BCUT2D eigenvalue weighted by Gasteiger charge is 2.13. The number of aliphatic imine (C=N–C) groups is 1. The highest BCUT2D eigenvalue weighted by molar-refractivity contribution is 7.10. The van der Waals surface area contributed by atoms with Crippen LogP contribution in [0.25, 0.3) is 0 Å². The van der Waals surface area contributed by atoms with Crippen LogP contribution in [-0.2, 0) is 9.53 Å². The van der Waals surface area contributed by atoms with Crippen molar-refractivity contribution in [3.63, 3.8) is 0 Å². The molecule has 20 heavy (non-hydrogen) atoms. The first kappa shape index (κ1) is 16.5. The van der Waals surface area contributed by atoms with Crippen molar-refractivity contribution in [2.24, 2.45) is 10.9 Å². The van der Waals surface area contributed by atoms with E-state index in [1.165, 1.54) is 12.0 Å². The van der Waals surface area contributed by atoms with Crippen molar-refractivity contribution >= 4 is 23.3 Å². The van der Waals surface area contributed by atoms with Gasteiger partial charge in [-0.05, 0) is 11.4 Å². The van der Waals surface area contributed by atoms with E-state index in [-0.39, 0.29) is 11.9 Å². The quantitative estimate of drug-likeness (QED) is 0.478. The zero-order valence-electron chi connectivity index (χ0n) is 12.5. The molecule has 1 aromatic heterocycles. The molecule has 0 fully saturated rings. The van der Waals surface area contributed by atoms with E-state index in [0.29, 0.717) is 18.4 Å². The number of methoxy groups -OCH3 is 1. The lowest BCUT2D eigenvalue weighted by Crippen LogP contribution is -2.42. The summed E-state index contributed by atoms with van der Waals surface area (Å²) >= 11 is 1.75. The highest BCUT2D eigenvalue weighted by atomic mass is 32.1. The molecule has 0 saturated carbocycles. The maximum absolute atomic E-state index is 11.3. The van der Waals surface area contributed by atoms with Crippen molar-refractivity contribution in [1.82, 2.24) is 10.6 Å². The molecule has 6 heteroatoms. The number of guanidine groups is 1. The third kappa shape index (κ3) is 5.21. The molecule has 2 atom stereocenters. The van der Waals surface area contributed by atoms with Gasteiger partial charge in [-0.15, -0.1) is 11.3 Å². The number of nitrogens with one attached hydrogen (secondary N) is 2. The molecule has 1 aromatic rings. The Labute approximate surface area is 124 Å². The number of hydrogen-bond donors (Lipinski definition) is 2. The number of ether oxygens (including phenoxy) is 1. The zero-order valence-corrected chi connectivity index (χ0v) is 13.3. The van der Waals surface area contributed by atoms with Crippen molar-refractivity contribution in [2.45, 2.75) is 19.8 Å². The van der Waals surface area contributed by atoms with Crippen LogP contribution >= 0.6 is 11.3 Å². The summed E-state index contributed by atoms with van der Waals surface area (Å²) in [7, 11) is 3.11. The van der Waals surface area contributed by atoms with Crippen LogP contribution in [0.15, 0.2) is 22.5 Å². The molecule has 0 radical (unpaired) electrons. The average Bonchev–Trinajstić information content (AvgIpc) is 3.00. The smallest absolute Gasteiger partial charge is 0.310 e. The van der Waals surface area contributed by atoms with Crippen molar-refractivity contribution < 1.29 is 9.53 Å². The SMILES string of the molecule is CN=C(NCC(C)C(=O)OC)NCC(C)c1cccs1. The van der Waals surface area contributed by atoms with E-state index in [4.69, 9.17) is 0 Å². The topological polar surface area (TPSA) is 62.7 Å². The van der Waals surface area contributed by atoms with Crippen LogP contribution in [-0.4, -0.2) is 39.2 Å². The maximum atomic E-state index is 11.3. The summed E-state index contributed by atoms with van der Waals surface area (Å²) in [5.41, 5.74) is 0. The van der Waals surface area contributed by atoms with E-state index < -0.39 is 0 Å².